The van der Waals surface area contributed by atoms with Crippen molar-refractivity contribution in [2.24, 2.45) is 5.10 Å². The number of carbonyl (C=O) groups excluding carboxylic acids is 2. The maximum atomic E-state index is 12.9. The minimum absolute atomic E-state index is 0.0720. The van der Waals surface area contributed by atoms with Gasteiger partial charge in [-0.1, -0.05) is 36.8 Å². The van der Waals surface area contributed by atoms with Gasteiger partial charge in [-0.2, -0.15) is 5.10 Å². The molecule has 0 radical (unpaired) electrons. The van der Waals surface area contributed by atoms with Crippen molar-refractivity contribution in [2.75, 3.05) is 19.6 Å². The van der Waals surface area contributed by atoms with Crippen LogP contribution in [0.4, 0.5) is 0 Å². The van der Waals surface area contributed by atoms with E-state index in [2.05, 4.69) is 20.7 Å². The molecule has 7 heteroatoms. The summed E-state index contributed by atoms with van der Waals surface area (Å²) in [7, 11) is 0. The number of aromatic hydroxyl groups is 1. The normalized spacial score (nSPS) is 15.4. The Morgan fingerprint density at radius 3 is 2.56 bits per heavy atom. The number of amides is 2. The summed E-state index contributed by atoms with van der Waals surface area (Å²) in [6.45, 7) is 2.41. The summed E-state index contributed by atoms with van der Waals surface area (Å²) in [6.07, 6.45) is 7.29. The van der Waals surface area contributed by atoms with Crippen LogP contribution in [0.15, 0.2) is 59.7 Å². The van der Waals surface area contributed by atoms with Crippen molar-refractivity contribution in [3.63, 3.8) is 0 Å². The molecule has 1 fully saturated rings. The second kappa shape index (κ2) is 12.6. The first-order valence-electron chi connectivity index (χ1n) is 11.3. The SMILES string of the molecule is O=C(NCCCCC(C(=O)N/N=C/c1cccc(O)c1)N1CCCCC1)c1ccccc1. The van der Waals surface area contributed by atoms with E-state index in [1.54, 1.807) is 36.4 Å². The third kappa shape index (κ3) is 7.50. The molecule has 1 atom stereocenters. The molecule has 170 valence electrons. The van der Waals surface area contributed by atoms with Crippen LogP contribution in [0.2, 0.25) is 0 Å². The van der Waals surface area contributed by atoms with Gasteiger partial charge in [0.15, 0.2) is 0 Å². The minimum Gasteiger partial charge on any atom is -0.508 e. The number of nitrogens with zero attached hydrogens (tertiary/aromatic N) is 2. The molecule has 3 rings (SSSR count). The van der Waals surface area contributed by atoms with E-state index in [1.807, 2.05) is 18.2 Å². The predicted octanol–water partition coefficient (Wildman–Crippen LogP) is 3.30. The van der Waals surface area contributed by atoms with Gasteiger partial charge in [-0.15, -0.1) is 0 Å². The van der Waals surface area contributed by atoms with Crippen LogP contribution in [0.25, 0.3) is 0 Å². The smallest absolute Gasteiger partial charge is 0.257 e. The zero-order chi connectivity index (χ0) is 22.6. The van der Waals surface area contributed by atoms with Crippen molar-refractivity contribution in [1.29, 1.82) is 0 Å². The molecule has 3 N–H and O–H groups in total. The van der Waals surface area contributed by atoms with Gasteiger partial charge in [-0.25, -0.2) is 5.43 Å². The molecule has 1 aliphatic heterocycles. The van der Waals surface area contributed by atoms with Crippen molar-refractivity contribution >= 4 is 18.0 Å². The average Bonchev–Trinajstić information content (AvgIpc) is 2.82. The number of benzene rings is 2. The van der Waals surface area contributed by atoms with Gasteiger partial charge >= 0.3 is 0 Å². The maximum Gasteiger partial charge on any atom is 0.257 e. The van der Waals surface area contributed by atoms with Crippen molar-refractivity contribution in [3.05, 3.63) is 65.7 Å². The topological polar surface area (TPSA) is 94.0 Å². The number of hydrazone groups is 1. The molecular weight excluding hydrogens is 404 g/mol. The van der Waals surface area contributed by atoms with Crippen LogP contribution in [0.3, 0.4) is 0 Å². The summed E-state index contributed by atoms with van der Waals surface area (Å²) in [5.41, 5.74) is 4.04. The lowest BCUT2D eigenvalue weighted by Gasteiger charge is -2.33. The highest BCUT2D eigenvalue weighted by Crippen LogP contribution is 2.17. The average molecular weight is 437 g/mol. The van der Waals surface area contributed by atoms with E-state index in [-0.39, 0.29) is 23.6 Å². The zero-order valence-corrected chi connectivity index (χ0v) is 18.4. The number of rotatable bonds is 10. The lowest BCUT2D eigenvalue weighted by atomic mass is 10.0. The first-order chi connectivity index (χ1) is 15.6. The van der Waals surface area contributed by atoms with E-state index in [1.165, 1.54) is 12.6 Å². The second-order valence-corrected chi connectivity index (χ2v) is 8.06. The Morgan fingerprint density at radius 1 is 1.03 bits per heavy atom. The maximum absolute atomic E-state index is 12.9. The highest BCUT2D eigenvalue weighted by Gasteiger charge is 2.26. The summed E-state index contributed by atoms with van der Waals surface area (Å²) in [5.74, 6) is -0.0281. The molecule has 1 aliphatic rings. The van der Waals surface area contributed by atoms with Crippen molar-refractivity contribution in [3.8, 4) is 5.75 Å². The fraction of sp³-hybridized carbons (Fsp3) is 0.400. The summed E-state index contributed by atoms with van der Waals surface area (Å²) in [6, 6.07) is 15.6. The first kappa shape index (κ1) is 23.5. The number of phenols is 1. The van der Waals surface area contributed by atoms with E-state index in [0.717, 1.165) is 38.8 Å². The number of carbonyl (C=O) groups is 2. The van der Waals surface area contributed by atoms with Gasteiger partial charge in [0, 0.05) is 12.1 Å². The van der Waals surface area contributed by atoms with Gasteiger partial charge in [0.1, 0.15) is 5.75 Å². The highest BCUT2D eigenvalue weighted by atomic mass is 16.3. The van der Waals surface area contributed by atoms with Crippen molar-refractivity contribution < 1.29 is 14.7 Å². The Labute approximate surface area is 189 Å². The monoisotopic (exact) mass is 436 g/mol. The predicted molar refractivity (Wildman–Crippen MR) is 126 cm³/mol. The molecule has 0 spiro atoms. The Morgan fingerprint density at radius 2 is 1.81 bits per heavy atom. The summed E-state index contributed by atoms with van der Waals surface area (Å²) >= 11 is 0. The van der Waals surface area contributed by atoms with E-state index in [0.29, 0.717) is 24.1 Å². The molecular formula is C25H32N4O3. The van der Waals surface area contributed by atoms with Crippen LogP contribution in [-0.4, -0.2) is 53.7 Å². The standard InChI is InChI=1S/C25H32N4O3/c30-22-13-9-10-20(18-22)19-27-28-25(32)23(29-16-7-2-8-17-29)14-5-6-15-26-24(31)21-11-3-1-4-12-21/h1,3-4,9-13,18-19,23,30H,2,5-8,14-17H2,(H,26,31)(H,28,32)/b27-19+. The molecule has 2 amide bonds. The number of likely N-dealkylation sites (tertiary alicyclic amines) is 1. The number of unbranched alkanes of at least 4 members (excludes halogenated alkanes) is 1. The van der Waals surface area contributed by atoms with Gasteiger partial charge in [0.05, 0.1) is 12.3 Å². The molecule has 1 saturated heterocycles. The molecule has 0 saturated carbocycles. The Kier molecular flexibility index (Phi) is 9.25. The number of hydrogen-bond donors (Lipinski definition) is 3. The molecule has 0 aromatic heterocycles. The Bertz CT molecular complexity index is 895. The number of hydrogen-bond acceptors (Lipinski definition) is 5. The van der Waals surface area contributed by atoms with E-state index in [9.17, 15) is 14.7 Å². The quantitative estimate of drug-likeness (QED) is 0.303. The van der Waals surface area contributed by atoms with Crippen LogP contribution in [-0.2, 0) is 4.79 Å². The molecule has 32 heavy (non-hydrogen) atoms. The largest absolute Gasteiger partial charge is 0.508 e. The Balaban J connectivity index is 1.47. The van der Waals surface area contributed by atoms with Crippen LogP contribution in [0.1, 0.15) is 54.4 Å². The van der Waals surface area contributed by atoms with E-state index >= 15 is 0 Å². The fourth-order valence-corrected chi connectivity index (χ4v) is 3.92. The molecule has 1 unspecified atom stereocenters. The van der Waals surface area contributed by atoms with Gasteiger partial charge in [-0.05, 0) is 75.0 Å². The lowest BCUT2D eigenvalue weighted by molar-refractivity contribution is -0.127. The first-order valence-corrected chi connectivity index (χ1v) is 11.3. The van der Waals surface area contributed by atoms with Gasteiger partial charge in [-0.3, -0.25) is 14.5 Å². The number of nitrogens with one attached hydrogen (secondary N) is 2. The molecule has 7 nitrogen and oxygen atoms in total. The van der Waals surface area contributed by atoms with Crippen molar-refractivity contribution in [2.45, 2.75) is 44.6 Å². The summed E-state index contributed by atoms with van der Waals surface area (Å²) < 4.78 is 0. The third-order valence-corrected chi connectivity index (χ3v) is 5.62. The summed E-state index contributed by atoms with van der Waals surface area (Å²) in [5, 5.41) is 16.6. The van der Waals surface area contributed by atoms with Gasteiger partial charge < -0.3 is 10.4 Å². The molecule has 2 aromatic carbocycles. The second-order valence-electron chi connectivity index (χ2n) is 8.06. The highest BCUT2D eigenvalue weighted by molar-refractivity contribution is 5.94. The zero-order valence-electron chi connectivity index (χ0n) is 18.4. The van der Waals surface area contributed by atoms with Crippen molar-refractivity contribution in [1.82, 2.24) is 15.6 Å². The van der Waals surface area contributed by atoms with E-state index < -0.39 is 0 Å². The number of phenolic OH excluding ortho intramolecular Hbond substituents is 1. The fourth-order valence-electron chi connectivity index (χ4n) is 3.92. The number of piperidine rings is 1. The van der Waals surface area contributed by atoms with Crippen LogP contribution >= 0.6 is 0 Å². The van der Waals surface area contributed by atoms with Gasteiger partial charge in [0.2, 0.25) is 0 Å². The van der Waals surface area contributed by atoms with Crippen LogP contribution in [0, 0.1) is 0 Å². The minimum atomic E-state index is -0.235. The van der Waals surface area contributed by atoms with E-state index in [4.69, 9.17) is 0 Å². The van der Waals surface area contributed by atoms with Crippen LogP contribution in [0.5, 0.6) is 5.75 Å². The molecule has 1 heterocycles. The summed E-state index contributed by atoms with van der Waals surface area (Å²) in [4.78, 5) is 27.3. The molecule has 0 bridgehead atoms. The Hall–Kier alpha value is -3.19. The van der Waals surface area contributed by atoms with Crippen LogP contribution < -0.4 is 10.7 Å². The molecule has 0 aliphatic carbocycles. The van der Waals surface area contributed by atoms with Gasteiger partial charge in [0.25, 0.3) is 11.8 Å². The third-order valence-electron chi connectivity index (χ3n) is 5.62. The lowest BCUT2D eigenvalue weighted by Crippen LogP contribution is -2.47. The molecule has 2 aromatic rings.